The lowest BCUT2D eigenvalue weighted by molar-refractivity contribution is -0.134. The van der Waals surface area contributed by atoms with Crippen LogP contribution in [-0.2, 0) is 4.79 Å². The van der Waals surface area contributed by atoms with Crippen LogP contribution in [0, 0.1) is 5.92 Å². The molecule has 2 aliphatic rings. The van der Waals surface area contributed by atoms with Gasteiger partial charge in [0.15, 0.2) is 0 Å². The molecule has 1 aromatic heterocycles. The Morgan fingerprint density at radius 3 is 2.80 bits per heavy atom. The zero-order chi connectivity index (χ0) is 17.1. The van der Waals surface area contributed by atoms with E-state index in [1.54, 1.807) is 11.0 Å². The maximum atomic E-state index is 12.7. The number of rotatable bonds is 4. The van der Waals surface area contributed by atoms with Crippen molar-refractivity contribution in [1.29, 1.82) is 0 Å². The molecule has 1 saturated carbocycles. The summed E-state index contributed by atoms with van der Waals surface area (Å²) in [5.41, 5.74) is 0.981. The molecular weight excluding hydrogens is 332 g/mol. The fraction of sp³-hybridized carbons (Fsp3) is 0.526. The molecule has 1 saturated heterocycles. The highest BCUT2D eigenvalue weighted by molar-refractivity contribution is 7.99. The van der Waals surface area contributed by atoms with Gasteiger partial charge in [0.2, 0.25) is 11.1 Å². The first kappa shape index (κ1) is 16.6. The van der Waals surface area contributed by atoms with Crippen LogP contribution in [0.4, 0.5) is 0 Å². The molecule has 1 aliphatic carbocycles. The molecule has 25 heavy (non-hydrogen) atoms. The Morgan fingerprint density at radius 2 is 1.92 bits per heavy atom. The second-order valence-corrected chi connectivity index (χ2v) is 7.88. The summed E-state index contributed by atoms with van der Waals surface area (Å²) in [5, 5.41) is 5.14. The Labute approximate surface area is 152 Å². The van der Waals surface area contributed by atoms with Gasteiger partial charge >= 0.3 is 0 Å². The maximum absolute atomic E-state index is 12.7. The van der Waals surface area contributed by atoms with E-state index in [1.807, 2.05) is 30.3 Å². The molecule has 0 bridgehead atoms. The molecule has 2 heterocycles. The summed E-state index contributed by atoms with van der Waals surface area (Å²) in [6.07, 6.45) is 9.23. The van der Waals surface area contributed by atoms with Gasteiger partial charge in [0.25, 0.3) is 0 Å². The highest BCUT2D eigenvalue weighted by Crippen LogP contribution is 2.35. The van der Waals surface area contributed by atoms with Gasteiger partial charge in [-0.2, -0.15) is 0 Å². The average molecular weight is 356 g/mol. The molecule has 132 valence electrons. The van der Waals surface area contributed by atoms with E-state index >= 15 is 0 Å². The van der Waals surface area contributed by atoms with Crippen molar-refractivity contribution in [2.24, 2.45) is 5.92 Å². The number of hydrogen-bond acceptors (Lipinski definition) is 4. The van der Waals surface area contributed by atoms with Crippen molar-refractivity contribution in [3.05, 3.63) is 36.7 Å². The maximum Gasteiger partial charge on any atom is 0.233 e. The minimum Gasteiger partial charge on any atom is -0.339 e. The predicted octanol–water partition coefficient (Wildman–Crippen LogP) is 3.54. The van der Waals surface area contributed by atoms with E-state index in [0.717, 1.165) is 24.6 Å². The van der Waals surface area contributed by atoms with Gasteiger partial charge in [-0.3, -0.25) is 4.79 Å². The first-order valence-electron chi connectivity index (χ1n) is 9.20. The van der Waals surface area contributed by atoms with Crippen LogP contribution in [0.5, 0.6) is 0 Å². The van der Waals surface area contributed by atoms with Crippen molar-refractivity contribution in [2.75, 3.05) is 12.3 Å². The highest BCUT2D eigenvalue weighted by Gasteiger charge is 2.35. The van der Waals surface area contributed by atoms with E-state index in [2.05, 4.69) is 15.0 Å². The Morgan fingerprint density at radius 1 is 1.12 bits per heavy atom. The number of benzene rings is 1. The summed E-state index contributed by atoms with van der Waals surface area (Å²) >= 11 is 1.44. The molecule has 2 unspecified atom stereocenters. The largest absolute Gasteiger partial charge is 0.339 e. The van der Waals surface area contributed by atoms with Crippen molar-refractivity contribution in [2.45, 2.75) is 49.7 Å². The summed E-state index contributed by atoms with van der Waals surface area (Å²) < 4.78 is 1.75. The van der Waals surface area contributed by atoms with Crippen LogP contribution in [0.25, 0.3) is 5.69 Å². The molecule has 2 atom stereocenters. The number of nitrogens with zero attached hydrogens (tertiary/aromatic N) is 4. The topological polar surface area (TPSA) is 51.0 Å². The van der Waals surface area contributed by atoms with Gasteiger partial charge in [-0.15, -0.1) is 5.10 Å². The first-order chi connectivity index (χ1) is 12.3. The normalized spacial score (nSPS) is 23.3. The summed E-state index contributed by atoms with van der Waals surface area (Å²) in [5.74, 6) is 1.41. The third kappa shape index (κ3) is 3.73. The van der Waals surface area contributed by atoms with Crippen molar-refractivity contribution in [3.8, 4) is 5.69 Å². The van der Waals surface area contributed by atoms with Crippen molar-refractivity contribution in [3.63, 3.8) is 0 Å². The van der Waals surface area contributed by atoms with E-state index in [4.69, 9.17) is 0 Å². The van der Waals surface area contributed by atoms with Crippen LogP contribution >= 0.6 is 11.8 Å². The van der Waals surface area contributed by atoms with Crippen LogP contribution < -0.4 is 0 Å². The van der Waals surface area contributed by atoms with Crippen molar-refractivity contribution in [1.82, 2.24) is 19.7 Å². The quantitative estimate of drug-likeness (QED) is 0.786. The Balaban J connectivity index is 1.36. The number of aromatic nitrogens is 3. The number of hydrogen-bond donors (Lipinski definition) is 0. The third-order valence-electron chi connectivity index (χ3n) is 5.38. The van der Waals surface area contributed by atoms with E-state index in [1.165, 1.54) is 43.9 Å². The Hall–Kier alpha value is -1.82. The summed E-state index contributed by atoms with van der Waals surface area (Å²) in [4.78, 5) is 19.2. The second-order valence-electron chi connectivity index (χ2n) is 6.94. The summed E-state index contributed by atoms with van der Waals surface area (Å²) in [7, 11) is 0. The molecule has 0 N–H and O–H groups in total. The van der Waals surface area contributed by atoms with Gasteiger partial charge in [0.05, 0.1) is 11.4 Å². The number of para-hydroxylation sites is 1. The number of likely N-dealkylation sites (tertiary alicyclic amines) is 1. The molecular formula is C19H24N4OS. The number of piperidine rings is 1. The lowest BCUT2D eigenvalue weighted by Gasteiger charge is -2.44. The van der Waals surface area contributed by atoms with Crippen molar-refractivity contribution >= 4 is 17.7 Å². The van der Waals surface area contributed by atoms with Crippen LogP contribution in [0.2, 0.25) is 0 Å². The lowest BCUT2D eigenvalue weighted by atomic mass is 9.78. The number of thioether (sulfide) groups is 1. The van der Waals surface area contributed by atoms with E-state index in [0.29, 0.717) is 17.0 Å². The standard InChI is InChI=1S/C19H24N4OS/c24-18(22-12-6-8-15-7-4-5-11-17(15)22)13-25-19-20-14-23(21-19)16-9-2-1-3-10-16/h1-3,9-10,14-15,17H,4-8,11-13H2. The minimum atomic E-state index is 0.248. The van der Waals surface area contributed by atoms with Crippen LogP contribution in [0.15, 0.2) is 41.8 Å². The molecule has 6 heteroatoms. The average Bonchev–Trinajstić information content (AvgIpc) is 3.15. The van der Waals surface area contributed by atoms with Gasteiger partial charge in [0, 0.05) is 12.6 Å². The molecule has 2 aromatic rings. The molecule has 1 aliphatic heterocycles. The molecule has 2 fully saturated rings. The summed E-state index contributed by atoms with van der Waals surface area (Å²) in [6, 6.07) is 10.4. The molecule has 1 aromatic carbocycles. The molecule has 0 spiro atoms. The third-order valence-corrected chi connectivity index (χ3v) is 6.22. The number of amides is 1. The number of carbonyl (C=O) groups is 1. The first-order valence-corrected chi connectivity index (χ1v) is 10.2. The SMILES string of the molecule is O=C(CSc1ncn(-c2ccccc2)n1)N1CCCC2CCCCC21. The van der Waals surface area contributed by atoms with E-state index in [9.17, 15) is 4.79 Å². The summed E-state index contributed by atoms with van der Waals surface area (Å²) in [6.45, 7) is 0.923. The highest BCUT2D eigenvalue weighted by atomic mass is 32.2. The van der Waals surface area contributed by atoms with Gasteiger partial charge in [-0.25, -0.2) is 9.67 Å². The fourth-order valence-electron chi connectivity index (χ4n) is 4.16. The van der Waals surface area contributed by atoms with Gasteiger partial charge in [-0.05, 0) is 43.7 Å². The number of fused-ring (bicyclic) bond motifs is 1. The van der Waals surface area contributed by atoms with Gasteiger partial charge < -0.3 is 4.90 Å². The zero-order valence-electron chi connectivity index (χ0n) is 14.4. The molecule has 0 radical (unpaired) electrons. The minimum absolute atomic E-state index is 0.248. The van der Waals surface area contributed by atoms with E-state index < -0.39 is 0 Å². The zero-order valence-corrected chi connectivity index (χ0v) is 15.2. The lowest BCUT2D eigenvalue weighted by Crippen LogP contribution is -2.50. The van der Waals surface area contributed by atoms with Crippen LogP contribution in [0.3, 0.4) is 0 Å². The molecule has 4 rings (SSSR count). The monoisotopic (exact) mass is 356 g/mol. The molecule has 1 amide bonds. The van der Waals surface area contributed by atoms with Crippen LogP contribution in [-0.4, -0.2) is 43.9 Å². The Bertz CT molecular complexity index is 715. The number of carbonyl (C=O) groups excluding carboxylic acids is 1. The smallest absolute Gasteiger partial charge is 0.233 e. The predicted molar refractivity (Wildman–Crippen MR) is 98.8 cm³/mol. The van der Waals surface area contributed by atoms with Crippen molar-refractivity contribution < 1.29 is 4.79 Å². The van der Waals surface area contributed by atoms with Gasteiger partial charge in [-0.1, -0.05) is 42.8 Å². The Kier molecular flexibility index (Phi) is 5.06. The van der Waals surface area contributed by atoms with E-state index in [-0.39, 0.29) is 5.91 Å². The molecule has 5 nitrogen and oxygen atoms in total. The second kappa shape index (κ2) is 7.60. The van der Waals surface area contributed by atoms with Gasteiger partial charge in [0.1, 0.15) is 6.33 Å². The van der Waals surface area contributed by atoms with Crippen LogP contribution in [0.1, 0.15) is 38.5 Å². The fourth-order valence-corrected chi connectivity index (χ4v) is 4.85.